The van der Waals surface area contributed by atoms with Crippen molar-refractivity contribution in [2.45, 2.75) is 19.8 Å². The Labute approximate surface area is 147 Å². The Hall–Kier alpha value is -2.67. The van der Waals surface area contributed by atoms with E-state index in [0.29, 0.717) is 12.2 Å². The number of rotatable bonds is 7. The minimum Gasteiger partial charge on any atom is -0.352 e. The molecule has 6 nitrogen and oxygen atoms in total. The van der Waals surface area contributed by atoms with Crippen molar-refractivity contribution in [3.8, 4) is 0 Å². The molecule has 0 saturated heterocycles. The van der Waals surface area contributed by atoms with Crippen LogP contribution in [0, 0.1) is 0 Å². The third kappa shape index (κ3) is 4.45. The number of aromatic nitrogens is 2. The highest BCUT2D eigenvalue weighted by molar-refractivity contribution is 7.92. The summed E-state index contributed by atoms with van der Waals surface area (Å²) in [6, 6.07) is 13.2. The molecule has 25 heavy (non-hydrogen) atoms. The first-order valence-electron chi connectivity index (χ1n) is 8.15. The SMILES string of the molecule is CCCCS(=O)(=O)Nc1ccc(Nc2cccc3cccnc23)cn1. The summed E-state index contributed by atoms with van der Waals surface area (Å²) in [5, 5.41) is 4.31. The minimum absolute atomic E-state index is 0.104. The van der Waals surface area contributed by atoms with Crippen molar-refractivity contribution in [1.82, 2.24) is 9.97 Å². The summed E-state index contributed by atoms with van der Waals surface area (Å²) in [5.41, 5.74) is 2.50. The van der Waals surface area contributed by atoms with Gasteiger partial charge >= 0.3 is 0 Å². The summed E-state index contributed by atoms with van der Waals surface area (Å²) in [7, 11) is -3.34. The van der Waals surface area contributed by atoms with E-state index < -0.39 is 10.0 Å². The molecule has 0 unspecified atom stereocenters. The zero-order valence-electron chi connectivity index (χ0n) is 13.9. The van der Waals surface area contributed by atoms with E-state index in [1.807, 2.05) is 37.3 Å². The normalized spacial score (nSPS) is 11.4. The van der Waals surface area contributed by atoms with Gasteiger partial charge in [0.1, 0.15) is 5.82 Å². The van der Waals surface area contributed by atoms with Crippen molar-refractivity contribution >= 4 is 38.1 Å². The fourth-order valence-electron chi connectivity index (χ4n) is 2.43. The van der Waals surface area contributed by atoms with Crippen molar-refractivity contribution in [3.63, 3.8) is 0 Å². The summed E-state index contributed by atoms with van der Waals surface area (Å²) < 4.78 is 26.3. The summed E-state index contributed by atoms with van der Waals surface area (Å²) in [5.74, 6) is 0.421. The molecule has 3 aromatic rings. The van der Waals surface area contributed by atoms with E-state index in [-0.39, 0.29) is 5.75 Å². The number of hydrogen-bond donors (Lipinski definition) is 2. The van der Waals surface area contributed by atoms with E-state index >= 15 is 0 Å². The fourth-order valence-corrected chi connectivity index (χ4v) is 3.64. The second-order valence-corrected chi connectivity index (χ2v) is 7.55. The standard InChI is InChI=1S/C18H20N4O2S/c1-2-3-12-25(23,24)22-17-10-9-15(13-20-17)21-16-8-4-6-14-7-5-11-19-18(14)16/h4-11,13,21H,2-3,12H2,1H3,(H,20,22). The van der Waals surface area contributed by atoms with E-state index in [4.69, 9.17) is 0 Å². The quantitative estimate of drug-likeness (QED) is 0.670. The van der Waals surface area contributed by atoms with Gasteiger partial charge in [-0.1, -0.05) is 31.5 Å². The molecule has 0 bridgehead atoms. The van der Waals surface area contributed by atoms with Crippen molar-refractivity contribution in [2.75, 3.05) is 15.8 Å². The first-order chi connectivity index (χ1) is 12.1. The fraction of sp³-hybridized carbons (Fsp3) is 0.222. The zero-order valence-corrected chi connectivity index (χ0v) is 14.8. The molecule has 7 heteroatoms. The molecule has 2 aromatic heterocycles. The molecule has 0 amide bonds. The average molecular weight is 356 g/mol. The Morgan fingerprint density at radius 2 is 1.88 bits per heavy atom. The molecule has 0 saturated carbocycles. The number of sulfonamides is 1. The van der Waals surface area contributed by atoms with Gasteiger partial charge in [0.25, 0.3) is 0 Å². The maximum atomic E-state index is 11.9. The van der Waals surface area contributed by atoms with Crippen LogP contribution in [0.3, 0.4) is 0 Å². The van der Waals surface area contributed by atoms with E-state index in [0.717, 1.165) is 28.7 Å². The van der Waals surface area contributed by atoms with Crippen molar-refractivity contribution in [1.29, 1.82) is 0 Å². The summed E-state index contributed by atoms with van der Waals surface area (Å²) >= 11 is 0. The van der Waals surface area contributed by atoms with Gasteiger partial charge < -0.3 is 5.32 Å². The summed E-state index contributed by atoms with van der Waals surface area (Å²) in [6.45, 7) is 1.95. The third-order valence-electron chi connectivity index (χ3n) is 3.70. The lowest BCUT2D eigenvalue weighted by Gasteiger charge is -2.10. The van der Waals surface area contributed by atoms with Gasteiger partial charge in [-0.15, -0.1) is 0 Å². The van der Waals surface area contributed by atoms with Crippen LogP contribution in [-0.4, -0.2) is 24.1 Å². The molecule has 0 aliphatic heterocycles. The van der Waals surface area contributed by atoms with E-state index in [2.05, 4.69) is 20.0 Å². The topological polar surface area (TPSA) is 84.0 Å². The molecule has 0 fully saturated rings. The van der Waals surface area contributed by atoms with E-state index in [1.165, 1.54) is 0 Å². The number of hydrogen-bond acceptors (Lipinski definition) is 5. The van der Waals surface area contributed by atoms with Gasteiger partial charge in [-0.2, -0.15) is 0 Å². The molecule has 2 N–H and O–H groups in total. The summed E-state index contributed by atoms with van der Waals surface area (Å²) in [4.78, 5) is 8.57. The number of fused-ring (bicyclic) bond motifs is 1. The van der Waals surface area contributed by atoms with Crippen molar-refractivity contribution in [3.05, 3.63) is 54.9 Å². The molecule has 0 aliphatic carbocycles. The highest BCUT2D eigenvalue weighted by atomic mass is 32.2. The monoisotopic (exact) mass is 356 g/mol. The van der Waals surface area contributed by atoms with Crippen molar-refractivity contribution in [2.24, 2.45) is 0 Å². The van der Waals surface area contributed by atoms with Crippen LogP contribution in [0.1, 0.15) is 19.8 Å². The van der Waals surface area contributed by atoms with Gasteiger partial charge in [0.2, 0.25) is 10.0 Å². The Balaban J connectivity index is 1.74. The number of anilines is 3. The summed E-state index contributed by atoms with van der Waals surface area (Å²) in [6.07, 6.45) is 4.80. The molecule has 0 radical (unpaired) electrons. The lowest BCUT2D eigenvalue weighted by atomic mass is 10.2. The minimum atomic E-state index is -3.34. The second kappa shape index (κ2) is 7.48. The molecule has 0 spiro atoms. The molecule has 130 valence electrons. The van der Waals surface area contributed by atoms with Gasteiger partial charge in [-0.25, -0.2) is 13.4 Å². The van der Waals surface area contributed by atoms with Crippen LogP contribution in [-0.2, 0) is 10.0 Å². The highest BCUT2D eigenvalue weighted by Gasteiger charge is 2.10. The van der Waals surface area contributed by atoms with Crippen LogP contribution in [0.4, 0.5) is 17.2 Å². The number of unbranched alkanes of at least 4 members (excludes halogenated alkanes) is 1. The maximum Gasteiger partial charge on any atom is 0.233 e. The van der Waals surface area contributed by atoms with E-state index in [9.17, 15) is 8.42 Å². The third-order valence-corrected chi connectivity index (χ3v) is 5.05. The molecular weight excluding hydrogens is 336 g/mol. The Bertz CT molecular complexity index is 951. The lowest BCUT2D eigenvalue weighted by Crippen LogP contribution is -2.17. The van der Waals surface area contributed by atoms with Crippen molar-refractivity contribution < 1.29 is 8.42 Å². The smallest absolute Gasteiger partial charge is 0.233 e. The Morgan fingerprint density at radius 3 is 2.64 bits per heavy atom. The van der Waals surface area contributed by atoms with Crippen LogP contribution < -0.4 is 10.0 Å². The molecule has 1 aromatic carbocycles. The number of para-hydroxylation sites is 1. The van der Waals surface area contributed by atoms with Crippen LogP contribution in [0.25, 0.3) is 10.9 Å². The lowest BCUT2D eigenvalue weighted by molar-refractivity contribution is 0.597. The molecule has 3 rings (SSSR count). The average Bonchev–Trinajstić information content (AvgIpc) is 2.62. The Kier molecular flexibility index (Phi) is 5.14. The molecule has 0 atom stereocenters. The highest BCUT2D eigenvalue weighted by Crippen LogP contribution is 2.24. The van der Waals surface area contributed by atoms with Gasteiger partial charge in [0.15, 0.2) is 0 Å². The van der Waals surface area contributed by atoms with Gasteiger partial charge in [0.05, 0.1) is 28.8 Å². The first kappa shape index (κ1) is 17.2. The predicted molar refractivity (Wildman–Crippen MR) is 102 cm³/mol. The predicted octanol–water partition coefficient (Wildman–Crippen LogP) is 3.92. The van der Waals surface area contributed by atoms with E-state index in [1.54, 1.807) is 24.5 Å². The molecule has 2 heterocycles. The largest absolute Gasteiger partial charge is 0.352 e. The Morgan fingerprint density at radius 1 is 1.04 bits per heavy atom. The first-order valence-corrected chi connectivity index (χ1v) is 9.80. The number of benzene rings is 1. The number of pyridine rings is 2. The van der Waals surface area contributed by atoms with Crippen LogP contribution in [0.5, 0.6) is 0 Å². The zero-order chi connectivity index (χ0) is 17.7. The van der Waals surface area contributed by atoms with Gasteiger partial charge in [-0.05, 0) is 30.7 Å². The molecule has 0 aliphatic rings. The number of nitrogens with one attached hydrogen (secondary N) is 2. The maximum absolute atomic E-state index is 11.9. The molecular formula is C18H20N4O2S. The van der Waals surface area contributed by atoms with Gasteiger partial charge in [-0.3, -0.25) is 9.71 Å². The second-order valence-electron chi connectivity index (χ2n) is 5.71. The van der Waals surface area contributed by atoms with Crippen LogP contribution >= 0.6 is 0 Å². The van der Waals surface area contributed by atoms with Gasteiger partial charge in [0, 0.05) is 11.6 Å². The van der Waals surface area contributed by atoms with Crippen LogP contribution in [0.15, 0.2) is 54.9 Å². The number of nitrogens with zero attached hydrogens (tertiary/aromatic N) is 2. The van der Waals surface area contributed by atoms with Crippen LogP contribution in [0.2, 0.25) is 0 Å².